The highest BCUT2D eigenvalue weighted by Gasteiger charge is 2.20. The molecule has 0 aliphatic carbocycles. The lowest BCUT2D eigenvalue weighted by molar-refractivity contribution is 0.0773. The maximum Gasteiger partial charge on any atom is 0.254 e. The molecule has 0 unspecified atom stereocenters. The number of rotatable bonds is 2. The Labute approximate surface area is 152 Å². The Morgan fingerprint density at radius 2 is 1.96 bits per heavy atom. The van der Waals surface area contributed by atoms with Gasteiger partial charge in [0.15, 0.2) is 0 Å². The van der Waals surface area contributed by atoms with Crippen molar-refractivity contribution in [2.24, 2.45) is 0 Å². The molecule has 26 heavy (non-hydrogen) atoms. The van der Waals surface area contributed by atoms with Gasteiger partial charge in [-0.25, -0.2) is 4.39 Å². The Bertz CT molecular complexity index is 1030. The molecule has 1 amide bonds. The number of aryl methyl sites for hydroxylation is 2. The molecule has 3 aromatic rings. The molecule has 1 aliphatic rings. The van der Waals surface area contributed by atoms with Gasteiger partial charge in [0.1, 0.15) is 5.82 Å². The van der Waals surface area contributed by atoms with Crippen molar-refractivity contribution in [1.82, 2.24) is 9.88 Å². The smallest absolute Gasteiger partial charge is 0.254 e. The largest absolute Gasteiger partial charge is 0.360 e. The number of aromatic amines is 1. The summed E-state index contributed by atoms with van der Waals surface area (Å²) in [4.78, 5) is 17.8. The molecule has 0 fully saturated rings. The lowest BCUT2D eigenvalue weighted by Gasteiger charge is -2.27. The minimum atomic E-state index is -0.242. The molecule has 132 valence electrons. The minimum Gasteiger partial charge on any atom is -0.360 e. The van der Waals surface area contributed by atoms with Crippen LogP contribution in [0, 0.1) is 19.7 Å². The summed E-state index contributed by atoms with van der Waals surface area (Å²) in [6, 6.07) is 10.7. The van der Waals surface area contributed by atoms with Crippen LogP contribution in [0.2, 0.25) is 0 Å². The van der Waals surface area contributed by atoms with Crippen LogP contribution >= 0.6 is 0 Å². The normalized spacial score (nSPS) is 14.6. The number of nitrogens with one attached hydrogen (secondary N) is 1. The van der Waals surface area contributed by atoms with Gasteiger partial charge in [0.05, 0.1) is 0 Å². The van der Waals surface area contributed by atoms with Crippen molar-refractivity contribution in [2.45, 2.75) is 20.3 Å². The van der Waals surface area contributed by atoms with Crippen molar-refractivity contribution >= 4 is 22.4 Å². The van der Waals surface area contributed by atoms with Gasteiger partial charge in [-0.15, -0.1) is 0 Å². The van der Waals surface area contributed by atoms with E-state index in [0.29, 0.717) is 13.1 Å². The Morgan fingerprint density at radius 3 is 2.69 bits per heavy atom. The highest BCUT2D eigenvalue weighted by atomic mass is 19.1. The first-order valence-corrected chi connectivity index (χ1v) is 8.85. The predicted molar refractivity (Wildman–Crippen MR) is 103 cm³/mol. The van der Waals surface area contributed by atoms with Gasteiger partial charge in [0, 0.05) is 41.3 Å². The summed E-state index contributed by atoms with van der Waals surface area (Å²) in [5.74, 6) is -0.168. The van der Waals surface area contributed by atoms with Gasteiger partial charge in [-0.1, -0.05) is 12.1 Å². The summed E-state index contributed by atoms with van der Waals surface area (Å²) in [6.07, 6.45) is 4.83. The van der Waals surface area contributed by atoms with Crippen LogP contribution in [0.5, 0.6) is 0 Å². The van der Waals surface area contributed by atoms with Crippen molar-refractivity contribution in [3.8, 4) is 0 Å². The maximum atomic E-state index is 13.4. The molecule has 0 spiro atoms. The molecule has 4 rings (SSSR count). The van der Waals surface area contributed by atoms with Gasteiger partial charge in [0.25, 0.3) is 5.91 Å². The number of carbonyl (C=O) groups excluding carboxylic acids is 1. The van der Waals surface area contributed by atoms with E-state index in [1.54, 1.807) is 0 Å². The Kier molecular flexibility index (Phi) is 4.11. The van der Waals surface area contributed by atoms with Crippen LogP contribution in [0.15, 0.2) is 48.7 Å². The third-order valence-electron chi connectivity index (χ3n) is 5.24. The van der Waals surface area contributed by atoms with Crippen LogP contribution in [0.3, 0.4) is 0 Å². The average molecular weight is 348 g/mol. The second-order valence-electron chi connectivity index (χ2n) is 6.92. The number of hydrogen-bond acceptors (Lipinski definition) is 1. The molecule has 1 N–H and O–H groups in total. The number of aromatic nitrogens is 1. The summed E-state index contributed by atoms with van der Waals surface area (Å²) in [5.41, 5.74) is 6.17. The lowest BCUT2D eigenvalue weighted by Crippen LogP contribution is -2.34. The van der Waals surface area contributed by atoms with Gasteiger partial charge < -0.3 is 9.88 Å². The van der Waals surface area contributed by atoms with Crippen molar-refractivity contribution in [1.29, 1.82) is 0 Å². The SMILES string of the molecule is Cc1ccc(C(=O)N2CC=C(c3c[nH]c4cc(F)ccc34)CC2)cc1C. The maximum absolute atomic E-state index is 13.4. The number of nitrogens with zero attached hydrogens (tertiary/aromatic N) is 1. The summed E-state index contributed by atoms with van der Waals surface area (Å²) in [6.45, 7) is 5.35. The van der Waals surface area contributed by atoms with E-state index in [2.05, 4.69) is 11.1 Å². The van der Waals surface area contributed by atoms with E-state index in [1.165, 1.54) is 23.3 Å². The second-order valence-corrected chi connectivity index (χ2v) is 6.92. The summed E-state index contributed by atoms with van der Waals surface area (Å²) < 4.78 is 13.4. The van der Waals surface area contributed by atoms with Gasteiger partial charge in [-0.2, -0.15) is 0 Å². The Hall–Kier alpha value is -2.88. The molecule has 0 radical (unpaired) electrons. The zero-order valence-corrected chi connectivity index (χ0v) is 15.0. The molecular weight excluding hydrogens is 327 g/mol. The number of hydrogen-bond donors (Lipinski definition) is 1. The standard InChI is InChI=1S/C22H21FN2O/c1-14-3-4-17(11-15(14)2)22(26)25-9-7-16(8-10-25)20-13-24-21-12-18(23)5-6-19(20)21/h3-7,11-13,24H,8-10H2,1-2H3. The molecule has 2 heterocycles. The third-order valence-corrected chi connectivity index (χ3v) is 5.24. The average Bonchev–Trinajstić information content (AvgIpc) is 3.06. The van der Waals surface area contributed by atoms with Gasteiger partial charge in [-0.3, -0.25) is 4.79 Å². The van der Waals surface area contributed by atoms with Crippen LogP contribution in [0.25, 0.3) is 16.5 Å². The number of halogens is 1. The van der Waals surface area contributed by atoms with E-state index in [4.69, 9.17) is 0 Å². The minimum absolute atomic E-state index is 0.0735. The molecule has 0 bridgehead atoms. The molecule has 4 heteroatoms. The first-order chi connectivity index (χ1) is 12.5. The molecule has 2 aromatic carbocycles. The first kappa shape index (κ1) is 16.6. The van der Waals surface area contributed by atoms with Crippen LogP contribution in [-0.2, 0) is 0 Å². The van der Waals surface area contributed by atoms with Crippen LogP contribution in [-0.4, -0.2) is 28.9 Å². The molecule has 3 nitrogen and oxygen atoms in total. The van der Waals surface area contributed by atoms with E-state index in [9.17, 15) is 9.18 Å². The highest BCUT2D eigenvalue weighted by Crippen LogP contribution is 2.30. The molecule has 1 aromatic heterocycles. The quantitative estimate of drug-likeness (QED) is 0.706. The number of H-pyrrole nitrogens is 1. The van der Waals surface area contributed by atoms with E-state index in [-0.39, 0.29) is 11.7 Å². The van der Waals surface area contributed by atoms with Crippen molar-refractivity contribution in [3.05, 3.63) is 76.7 Å². The predicted octanol–water partition coefficient (Wildman–Crippen LogP) is 4.85. The second kappa shape index (κ2) is 6.45. The Morgan fingerprint density at radius 1 is 1.12 bits per heavy atom. The summed E-state index contributed by atoms with van der Waals surface area (Å²) in [5, 5.41) is 1.02. The molecule has 0 saturated carbocycles. The fourth-order valence-corrected chi connectivity index (χ4v) is 3.52. The number of benzene rings is 2. The number of fused-ring (bicyclic) bond motifs is 1. The molecule has 1 aliphatic heterocycles. The summed E-state index contributed by atoms with van der Waals surface area (Å²) in [7, 11) is 0. The van der Waals surface area contributed by atoms with Crippen LogP contribution in [0.1, 0.15) is 33.5 Å². The molecule has 0 saturated heterocycles. The lowest BCUT2D eigenvalue weighted by atomic mass is 9.98. The van der Waals surface area contributed by atoms with Crippen LogP contribution in [0.4, 0.5) is 4.39 Å². The van der Waals surface area contributed by atoms with E-state index in [1.807, 2.05) is 49.2 Å². The first-order valence-electron chi connectivity index (χ1n) is 8.85. The Balaban J connectivity index is 1.55. The monoisotopic (exact) mass is 348 g/mol. The zero-order chi connectivity index (χ0) is 18.3. The van der Waals surface area contributed by atoms with Crippen molar-refractivity contribution in [2.75, 3.05) is 13.1 Å². The van der Waals surface area contributed by atoms with Crippen molar-refractivity contribution < 1.29 is 9.18 Å². The number of amides is 1. The molecular formula is C22H21FN2O. The fraction of sp³-hybridized carbons (Fsp3) is 0.227. The van der Waals surface area contributed by atoms with Gasteiger partial charge >= 0.3 is 0 Å². The summed E-state index contributed by atoms with van der Waals surface area (Å²) >= 11 is 0. The van der Waals surface area contributed by atoms with Crippen molar-refractivity contribution in [3.63, 3.8) is 0 Å². The molecule has 0 atom stereocenters. The van der Waals surface area contributed by atoms with Gasteiger partial charge in [0.2, 0.25) is 0 Å². The fourth-order valence-electron chi connectivity index (χ4n) is 3.52. The zero-order valence-electron chi connectivity index (χ0n) is 15.0. The number of carbonyl (C=O) groups is 1. The van der Waals surface area contributed by atoms with Gasteiger partial charge in [-0.05, 0) is 67.3 Å². The van der Waals surface area contributed by atoms with E-state index < -0.39 is 0 Å². The van der Waals surface area contributed by atoms with E-state index >= 15 is 0 Å². The van der Waals surface area contributed by atoms with E-state index in [0.717, 1.165) is 34.0 Å². The third kappa shape index (κ3) is 2.92. The topological polar surface area (TPSA) is 36.1 Å². The highest BCUT2D eigenvalue weighted by molar-refractivity contribution is 5.96. The van der Waals surface area contributed by atoms with Crippen LogP contribution < -0.4 is 0 Å².